The quantitative estimate of drug-likeness (QED) is 0.844. The van der Waals surface area contributed by atoms with Gasteiger partial charge in [0, 0.05) is 29.6 Å². The third kappa shape index (κ3) is 4.41. The van der Waals surface area contributed by atoms with E-state index in [-0.39, 0.29) is 30.2 Å². The van der Waals surface area contributed by atoms with Crippen LogP contribution in [-0.4, -0.2) is 36.5 Å². The molecule has 0 spiro atoms. The number of halogens is 2. The Hall–Kier alpha value is -1.17. The molecule has 0 bridgehead atoms. The number of nitrogens with zero attached hydrogens (tertiary/aromatic N) is 1. The van der Waals surface area contributed by atoms with Crippen LogP contribution in [0.2, 0.25) is 5.02 Å². The average Bonchev–Trinajstić information content (AvgIpc) is 2.95. The number of rotatable bonds is 6. The molecule has 3 N–H and O–H groups in total. The normalized spacial score (nSPS) is 18.2. The highest BCUT2D eigenvalue weighted by molar-refractivity contribution is 6.31. The molecule has 2 rings (SSSR count). The average molecular weight is 328 g/mol. The van der Waals surface area contributed by atoms with Gasteiger partial charge in [0.15, 0.2) is 0 Å². The molecule has 1 aliphatic heterocycles. The van der Waals surface area contributed by atoms with E-state index in [1.165, 1.54) is 6.07 Å². The van der Waals surface area contributed by atoms with Crippen molar-refractivity contribution in [3.63, 3.8) is 0 Å². The minimum absolute atomic E-state index is 0.119. The Morgan fingerprint density at radius 3 is 2.73 bits per heavy atom. The number of nitrogens with one attached hydrogen (secondary N) is 1. The van der Waals surface area contributed by atoms with E-state index in [9.17, 15) is 9.18 Å². The zero-order valence-electron chi connectivity index (χ0n) is 12.8. The third-order valence-electron chi connectivity index (χ3n) is 3.91. The molecule has 1 aromatic rings. The van der Waals surface area contributed by atoms with E-state index in [0.29, 0.717) is 17.1 Å². The summed E-state index contributed by atoms with van der Waals surface area (Å²) in [5, 5.41) is 3.26. The maximum Gasteiger partial charge on any atom is 0.221 e. The predicted octanol–water partition coefficient (Wildman–Crippen LogP) is 2.47. The van der Waals surface area contributed by atoms with E-state index in [0.717, 1.165) is 25.9 Å². The second kappa shape index (κ2) is 7.90. The van der Waals surface area contributed by atoms with Crippen molar-refractivity contribution in [3.8, 4) is 0 Å². The Morgan fingerprint density at radius 1 is 1.45 bits per heavy atom. The molecular weight excluding hydrogens is 305 g/mol. The van der Waals surface area contributed by atoms with Gasteiger partial charge >= 0.3 is 0 Å². The summed E-state index contributed by atoms with van der Waals surface area (Å²) in [4.78, 5) is 14.0. The number of carbonyl (C=O) groups excluding carboxylic acids is 1. The van der Waals surface area contributed by atoms with Crippen LogP contribution in [0.1, 0.15) is 37.8 Å². The molecule has 0 radical (unpaired) electrons. The molecule has 0 aromatic heterocycles. The summed E-state index contributed by atoms with van der Waals surface area (Å²) in [6.07, 6.45) is 2.42. The van der Waals surface area contributed by atoms with Crippen LogP contribution in [0, 0.1) is 5.82 Å². The molecule has 1 aromatic carbocycles. The minimum atomic E-state index is -0.328. The second-order valence-corrected chi connectivity index (χ2v) is 6.29. The van der Waals surface area contributed by atoms with Gasteiger partial charge in [0.25, 0.3) is 0 Å². The van der Waals surface area contributed by atoms with Gasteiger partial charge in [0.2, 0.25) is 5.91 Å². The molecule has 6 heteroatoms. The van der Waals surface area contributed by atoms with E-state index >= 15 is 0 Å². The molecule has 4 nitrogen and oxygen atoms in total. The summed E-state index contributed by atoms with van der Waals surface area (Å²) in [5.41, 5.74) is 6.09. The summed E-state index contributed by atoms with van der Waals surface area (Å²) in [5.74, 6) is -0.447. The van der Waals surface area contributed by atoms with Crippen molar-refractivity contribution in [2.75, 3.05) is 19.6 Å². The molecule has 1 heterocycles. The molecule has 0 aliphatic carbocycles. The summed E-state index contributed by atoms with van der Waals surface area (Å²) in [6, 6.07) is 4.26. The van der Waals surface area contributed by atoms with Crippen LogP contribution in [0.15, 0.2) is 18.2 Å². The van der Waals surface area contributed by atoms with Crippen LogP contribution < -0.4 is 11.1 Å². The lowest BCUT2D eigenvalue weighted by molar-refractivity contribution is -0.121. The van der Waals surface area contributed by atoms with Crippen LogP contribution in [0.3, 0.4) is 0 Å². The first-order chi connectivity index (χ1) is 10.5. The van der Waals surface area contributed by atoms with Gasteiger partial charge < -0.3 is 11.1 Å². The number of benzene rings is 1. The Kier molecular flexibility index (Phi) is 6.17. The van der Waals surface area contributed by atoms with E-state index < -0.39 is 0 Å². The van der Waals surface area contributed by atoms with Gasteiger partial charge in [-0.2, -0.15) is 0 Å². The van der Waals surface area contributed by atoms with Crippen molar-refractivity contribution >= 4 is 17.5 Å². The minimum Gasteiger partial charge on any atom is -0.354 e. The highest BCUT2D eigenvalue weighted by Gasteiger charge is 2.28. The van der Waals surface area contributed by atoms with E-state index in [4.69, 9.17) is 17.3 Å². The van der Waals surface area contributed by atoms with Crippen molar-refractivity contribution in [2.24, 2.45) is 5.73 Å². The van der Waals surface area contributed by atoms with Gasteiger partial charge in [0.05, 0.1) is 6.04 Å². The van der Waals surface area contributed by atoms with Gasteiger partial charge in [-0.15, -0.1) is 0 Å². The fourth-order valence-electron chi connectivity index (χ4n) is 2.87. The molecule has 0 saturated carbocycles. The monoisotopic (exact) mass is 327 g/mol. The number of likely N-dealkylation sites (tertiary alicyclic amines) is 1. The van der Waals surface area contributed by atoms with Gasteiger partial charge in [-0.1, -0.05) is 17.7 Å². The van der Waals surface area contributed by atoms with E-state index in [1.807, 2.05) is 0 Å². The molecule has 2 unspecified atom stereocenters. The molecule has 122 valence electrons. The Balaban J connectivity index is 2.15. The second-order valence-electron chi connectivity index (χ2n) is 5.88. The highest BCUT2D eigenvalue weighted by Crippen LogP contribution is 2.31. The summed E-state index contributed by atoms with van der Waals surface area (Å²) in [7, 11) is 0. The summed E-state index contributed by atoms with van der Waals surface area (Å²) < 4.78 is 14.2. The smallest absolute Gasteiger partial charge is 0.221 e. The van der Waals surface area contributed by atoms with Gasteiger partial charge in [-0.05, 0) is 45.0 Å². The van der Waals surface area contributed by atoms with Gasteiger partial charge in [-0.3, -0.25) is 9.69 Å². The molecule has 1 amide bonds. The standard InChI is InChI=1S/C16H23ClFN3O/c1-11(19)9-15(22)20-10-14(21-7-2-3-8-21)16-12(17)5-4-6-13(16)18/h4-6,11,14H,2-3,7-10,19H2,1H3,(H,20,22). The van der Waals surface area contributed by atoms with Crippen molar-refractivity contribution in [2.45, 2.75) is 38.3 Å². The Labute approximate surface area is 135 Å². The third-order valence-corrected chi connectivity index (χ3v) is 4.24. The summed E-state index contributed by atoms with van der Waals surface area (Å²) >= 11 is 6.20. The van der Waals surface area contributed by atoms with Crippen LogP contribution in [0.4, 0.5) is 4.39 Å². The van der Waals surface area contributed by atoms with Gasteiger partial charge in [-0.25, -0.2) is 4.39 Å². The Morgan fingerprint density at radius 2 is 2.14 bits per heavy atom. The van der Waals surface area contributed by atoms with Crippen LogP contribution >= 0.6 is 11.6 Å². The predicted molar refractivity (Wildman–Crippen MR) is 86.2 cm³/mol. The van der Waals surface area contributed by atoms with E-state index in [1.54, 1.807) is 19.1 Å². The summed E-state index contributed by atoms with van der Waals surface area (Å²) in [6.45, 7) is 3.90. The van der Waals surface area contributed by atoms with Gasteiger partial charge in [0.1, 0.15) is 5.82 Å². The van der Waals surface area contributed by atoms with E-state index in [2.05, 4.69) is 10.2 Å². The zero-order chi connectivity index (χ0) is 16.1. The number of nitrogens with two attached hydrogens (primary N) is 1. The Bertz CT molecular complexity index is 498. The molecule has 1 fully saturated rings. The first-order valence-electron chi connectivity index (χ1n) is 7.69. The molecular formula is C16H23ClFN3O. The fraction of sp³-hybridized carbons (Fsp3) is 0.562. The van der Waals surface area contributed by atoms with Crippen molar-refractivity contribution in [3.05, 3.63) is 34.6 Å². The maximum absolute atomic E-state index is 14.2. The topological polar surface area (TPSA) is 58.4 Å². The highest BCUT2D eigenvalue weighted by atomic mass is 35.5. The molecule has 1 aliphatic rings. The molecule has 2 atom stereocenters. The largest absolute Gasteiger partial charge is 0.354 e. The lowest BCUT2D eigenvalue weighted by Gasteiger charge is -2.29. The number of hydrogen-bond donors (Lipinski definition) is 2. The van der Waals surface area contributed by atoms with Crippen molar-refractivity contribution in [1.29, 1.82) is 0 Å². The number of carbonyl (C=O) groups is 1. The van der Waals surface area contributed by atoms with Crippen LogP contribution in [0.25, 0.3) is 0 Å². The maximum atomic E-state index is 14.2. The zero-order valence-corrected chi connectivity index (χ0v) is 13.6. The van der Waals surface area contributed by atoms with Crippen molar-refractivity contribution in [1.82, 2.24) is 10.2 Å². The van der Waals surface area contributed by atoms with Crippen LogP contribution in [0.5, 0.6) is 0 Å². The first kappa shape index (κ1) is 17.2. The van der Waals surface area contributed by atoms with Crippen molar-refractivity contribution < 1.29 is 9.18 Å². The SMILES string of the molecule is CC(N)CC(=O)NCC(c1c(F)cccc1Cl)N1CCCC1. The molecule has 22 heavy (non-hydrogen) atoms. The molecule has 1 saturated heterocycles. The lowest BCUT2D eigenvalue weighted by atomic mass is 10.0. The first-order valence-corrected chi connectivity index (χ1v) is 8.07. The number of hydrogen-bond acceptors (Lipinski definition) is 3. The fourth-order valence-corrected chi connectivity index (χ4v) is 3.16. The number of amides is 1. The van der Waals surface area contributed by atoms with Crippen LogP contribution in [-0.2, 0) is 4.79 Å². The lowest BCUT2D eigenvalue weighted by Crippen LogP contribution is -2.38.